The van der Waals surface area contributed by atoms with Crippen molar-refractivity contribution in [3.63, 3.8) is 0 Å². The molecule has 0 aromatic heterocycles. The van der Waals surface area contributed by atoms with Crippen molar-refractivity contribution in [3.8, 4) is 6.07 Å². The Bertz CT molecular complexity index is 831. The topological polar surface area (TPSA) is 81.3 Å². The highest BCUT2D eigenvalue weighted by molar-refractivity contribution is 5.92. The fourth-order valence-electron chi connectivity index (χ4n) is 2.97. The number of aliphatic hydroxyl groups is 1. The molecule has 0 saturated heterocycles. The zero-order chi connectivity index (χ0) is 17.2. The van der Waals surface area contributed by atoms with Gasteiger partial charge < -0.3 is 10.2 Å². The van der Waals surface area contributed by atoms with E-state index in [1.807, 2.05) is 18.2 Å². The van der Waals surface area contributed by atoms with Gasteiger partial charge in [-0.05, 0) is 36.1 Å². The molecule has 2 N–H and O–H groups in total. The molecule has 0 bridgehead atoms. The van der Waals surface area contributed by atoms with Gasteiger partial charge in [0.1, 0.15) is 5.60 Å². The van der Waals surface area contributed by atoms with Crippen molar-refractivity contribution >= 4 is 12.0 Å². The standard InChI is InChI=1S/C20H17NO3/c21-14-19(12-13-19)20(24,16-7-2-1-3-8-16)11-10-15-6-4-5-9-17(15)18(22)23/h1-11,24H,12-13H2,(H,22,23)/b11-10+/t20-/m1/s1. The van der Waals surface area contributed by atoms with Crippen LogP contribution in [0.15, 0.2) is 60.7 Å². The van der Waals surface area contributed by atoms with E-state index in [4.69, 9.17) is 0 Å². The van der Waals surface area contributed by atoms with Crippen LogP contribution in [0.1, 0.15) is 34.3 Å². The maximum atomic E-state index is 11.3. The van der Waals surface area contributed by atoms with Crippen LogP contribution in [-0.2, 0) is 5.60 Å². The first-order valence-corrected chi connectivity index (χ1v) is 7.73. The molecule has 4 heteroatoms. The number of benzene rings is 2. The molecule has 1 saturated carbocycles. The molecule has 1 fully saturated rings. The lowest BCUT2D eigenvalue weighted by Crippen LogP contribution is -2.33. The van der Waals surface area contributed by atoms with Crippen LogP contribution in [0.4, 0.5) is 0 Å². The molecular weight excluding hydrogens is 302 g/mol. The SMILES string of the molecule is N#CC1([C@@](O)(/C=C/c2ccccc2C(=O)O)c2ccccc2)CC1. The minimum atomic E-state index is -1.45. The summed E-state index contributed by atoms with van der Waals surface area (Å²) in [6.45, 7) is 0. The van der Waals surface area contributed by atoms with Gasteiger partial charge in [0.05, 0.1) is 17.0 Å². The number of carbonyl (C=O) groups is 1. The molecule has 0 aliphatic heterocycles. The minimum absolute atomic E-state index is 0.158. The summed E-state index contributed by atoms with van der Waals surface area (Å²) < 4.78 is 0. The van der Waals surface area contributed by atoms with Gasteiger partial charge in [-0.15, -0.1) is 0 Å². The van der Waals surface area contributed by atoms with Crippen LogP contribution in [0.3, 0.4) is 0 Å². The van der Waals surface area contributed by atoms with Crippen LogP contribution in [0.5, 0.6) is 0 Å². The molecular formula is C20H17NO3. The maximum Gasteiger partial charge on any atom is 0.336 e. The van der Waals surface area contributed by atoms with E-state index in [-0.39, 0.29) is 5.56 Å². The molecule has 0 radical (unpaired) electrons. The maximum absolute atomic E-state index is 11.3. The Morgan fingerprint density at radius 1 is 1.12 bits per heavy atom. The fourth-order valence-corrected chi connectivity index (χ4v) is 2.97. The number of nitriles is 1. The molecule has 2 aromatic rings. The number of carboxylic acid groups (broad SMARTS) is 1. The Morgan fingerprint density at radius 3 is 2.33 bits per heavy atom. The third kappa shape index (κ3) is 2.60. The van der Waals surface area contributed by atoms with Crippen LogP contribution in [-0.4, -0.2) is 16.2 Å². The summed E-state index contributed by atoms with van der Waals surface area (Å²) in [5.41, 5.74) is -1.02. The van der Waals surface area contributed by atoms with Crippen LogP contribution in [0.25, 0.3) is 6.08 Å². The van der Waals surface area contributed by atoms with Crippen LogP contribution < -0.4 is 0 Å². The summed E-state index contributed by atoms with van der Waals surface area (Å²) in [5, 5.41) is 30.1. The van der Waals surface area contributed by atoms with Crippen molar-refractivity contribution in [1.82, 2.24) is 0 Å². The van der Waals surface area contributed by atoms with Gasteiger partial charge in [0, 0.05) is 0 Å². The third-order valence-corrected chi connectivity index (χ3v) is 4.60. The van der Waals surface area contributed by atoms with E-state index in [0.29, 0.717) is 24.0 Å². The molecule has 1 aliphatic carbocycles. The highest BCUT2D eigenvalue weighted by atomic mass is 16.4. The second-order valence-electron chi connectivity index (χ2n) is 6.05. The highest BCUT2D eigenvalue weighted by Gasteiger charge is 2.59. The molecule has 120 valence electrons. The Balaban J connectivity index is 2.07. The van der Waals surface area contributed by atoms with Gasteiger partial charge in [0.25, 0.3) is 0 Å². The first kappa shape index (κ1) is 16.0. The van der Waals surface area contributed by atoms with Gasteiger partial charge in [-0.2, -0.15) is 5.26 Å². The quantitative estimate of drug-likeness (QED) is 0.882. The van der Waals surface area contributed by atoms with E-state index in [1.165, 1.54) is 6.07 Å². The Labute approximate surface area is 140 Å². The third-order valence-electron chi connectivity index (χ3n) is 4.60. The number of rotatable bonds is 5. The lowest BCUT2D eigenvalue weighted by atomic mass is 9.78. The second-order valence-corrected chi connectivity index (χ2v) is 6.05. The average molecular weight is 319 g/mol. The number of hydrogen-bond acceptors (Lipinski definition) is 3. The summed E-state index contributed by atoms with van der Waals surface area (Å²) >= 11 is 0. The van der Waals surface area contributed by atoms with Crippen LogP contribution in [0.2, 0.25) is 0 Å². The van der Waals surface area contributed by atoms with E-state index in [1.54, 1.807) is 42.5 Å². The smallest absolute Gasteiger partial charge is 0.336 e. The first-order valence-electron chi connectivity index (χ1n) is 7.73. The van der Waals surface area contributed by atoms with Gasteiger partial charge in [-0.3, -0.25) is 0 Å². The van der Waals surface area contributed by atoms with Crippen molar-refractivity contribution in [2.45, 2.75) is 18.4 Å². The zero-order valence-electron chi connectivity index (χ0n) is 13.0. The molecule has 1 aliphatic rings. The van der Waals surface area contributed by atoms with Gasteiger partial charge in [-0.25, -0.2) is 4.79 Å². The number of aromatic carboxylic acids is 1. The summed E-state index contributed by atoms with van der Waals surface area (Å²) in [5.74, 6) is -1.03. The second kappa shape index (κ2) is 5.95. The monoisotopic (exact) mass is 319 g/mol. The van der Waals surface area contributed by atoms with E-state index in [2.05, 4.69) is 6.07 Å². The minimum Gasteiger partial charge on any atom is -0.478 e. The molecule has 1 atom stereocenters. The summed E-state index contributed by atoms with van der Waals surface area (Å²) in [6.07, 6.45) is 4.37. The van der Waals surface area contributed by atoms with Gasteiger partial charge in [0.15, 0.2) is 0 Å². The number of hydrogen-bond donors (Lipinski definition) is 2. The molecule has 0 heterocycles. The molecule has 3 rings (SSSR count). The molecule has 24 heavy (non-hydrogen) atoms. The Hall–Kier alpha value is -2.90. The summed E-state index contributed by atoms with van der Waals surface area (Å²) in [6, 6.07) is 17.9. The Kier molecular flexibility index (Phi) is 3.96. The molecule has 0 unspecified atom stereocenters. The zero-order valence-corrected chi connectivity index (χ0v) is 13.0. The lowest BCUT2D eigenvalue weighted by molar-refractivity contribution is 0.0360. The summed E-state index contributed by atoms with van der Waals surface area (Å²) in [4.78, 5) is 11.3. The number of carboxylic acids is 1. The fraction of sp³-hybridized carbons (Fsp3) is 0.200. The van der Waals surface area contributed by atoms with E-state index >= 15 is 0 Å². The van der Waals surface area contributed by atoms with Gasteiger partial charge in [0.2, 0.25) is 0 Å². The molecule has 0 amide bonds. The van der Waals surface area contributed by atoms with Crippen molar-refractivity contribution in [3.05, 3.63) is 77.4 Å². The lowest BCUT2D eigenvalue weighted by Gasteiger charge is -2.30. The van der Waals surface area contributed by atoms with Crippen molar-refractivity contribution in [2.24, 2.45) is 5.41 Å². The average Bonchev–Trinajstić information content (AvgIpc) is 3.42. The van der Waals surface area contributed by atoms with Gasteiger partial charge >= 0.3 is 5.97 Å². The predicted molar refractivity (Wildman–Crippen MR) is 90.1 cm³/mol. The van der Waals surface area contributed by atoms with Crippen molar-refractivity contribution < 1.29 is 15.0 Å². The number of nitrogens with zero attached hydrogens (tertiary/aromatic N) is 1. The van der Waals surface area contributed by atoms with E-state index in [0.717, 1.165) is 0 Å². The Morgan fingerprint density at radius 2 is 1.75 bits per heavy atom. The normalized spacial score (nSPS) is 17.8. The van der Waals surface area contributed by atoms with E-state index < -0.39 is 17.0 Å². The largest absolute Gasteiger partial charge is 0.478 e. The predicted octanol–water partition coefficient (Wildman–Crippen LogP) is 3.59. The van der Waals surface area contributed by atoms with Crippen molar-refractivity contribution in [1.29, 1.82) is 5.26 Å². The van der Waals surface area contributed by atoms with Crippen LogP contribution in [0, 0.1) is 16.7 Å². The summed E-state index contributed by atoms with van der Waals surface area (Å²) in [7, 11) is 0. The van der Waals surface area contributed by atoms with E-state index in [9.17, 15) is 20.3 Å². The molecule has 0 spiro atoms. The van der Waals surface area contributed by atoms with Crippen LogP contribution >= 0.6 is 0 Å². The van der Waals surface area contributed by atoms with Gasteiger partial charge in [-0.1, -0.05) is 54.6 Å². The molecule has 2 aromatic carbocycles. The van der Waals surface area contributed by atoms with Crippen molar-refractivity contribution in [2.75, 3.05) is 0 Å². The highest BCUT2D eigenvalue weighted by Crippen LogP contribution is 2.58. The molecule has 4 nitrogen and oxygen atoms in total. The first-order chi connectivity index (χ1) is 11.5.